The molecule has 0 fully saturated rings. The van der Waals surface area contributed by atoms with Crippen molar-refractivity contribution in [1.82, 2.24) is 0 Å². The molecule has 0 radical (unpaired) electrons. The molecule has 0 saturated carbocycles. The first-order valence-corrected chi connectivity index (χ1v) is 9.68. The second-order valence-corrected chi connectivity index (χ2v) is 7.56. The van der Waals surface area contributed by atoms with Gasteiger partial charge in [-0.3, -0.25) is 0 Å². The molecule has 29 heavy (non-hydrogen) atoms. The number of benzene rings is 3. The summed E-state index contributed by atoms with van der Waals surface area (Å²) in [5.41, 5.74) is 7.83. The van der Waals surface area contributed by atoms with Gasteiger partial charge in [0.05, 0.1) is 14.2 Å². The van der Waals surface area contributed by atoms with E-state index in [1.807, 2.05) is 28.2 Å². The third-order valence-corrected chi connectivity index (χ3v) is 5.24. The van der Waals surface area contributed by atoms with Crippen molar-refractivity contribution in [2.75, 3.05) is 52.2 Å². The number of hydrogen-bond donors (Lipinski definition) is 0. The van der Waals surface area contributed by atoms with E-state index in [1.54, 1.807) is 14.2 Å². The molecule has 0 aromatic heterocycles. The monoisotopic (exact) mass is 390 g/mol. The maximum absolute atomic E-state index is 5.78. The van der Waals surface area contributed by atoms with E-state index in [-0.39, 0.29) is 0 Å². The minimum Gasteiger partial charge on any atom is -0.496 e. The molecule has 0 bridgehead atoms. The second kappa shape index (κ2) is 8.48. The molecular formula is C25H30N2O2. The Kier molecular flexibility index (Phi) is 6.02. The summed E-state index contributed by atoms with van der Waals surface area (Å²) in [6.07, 6.45) is 0. The van der Waals surface area contributed by atoms with Crippen LogP contribution in [0.25, 0.3) is 22.3 Å². The highest BCUT2D eigenvalue weighted by Crippen LogP contribution is 2.44. The topological polar surface area (TPSA) is 24.9 Å². The molecule has 3 rings (SSSR count). The number of methoxy groups -OCH3 is 2. The van der Waals surface area contributed by atoms with E-state index in [1.165, 1.54) is 5.56 Å². The Morgan fingerprint density at radius 2 is 1.14 bits per heavy atom. The minimum atomic E-state index is 0.854. The molecule has 152 valence electrons. The van der Waals surface area contributed by atoms with Crippen molar-refractivity contribution in [3.05, 3.63) is 60.2 Å². The maximum atomic E-state index is 5.78. The van der Waals surface area contributed by atoms with Gasteiger partial charge < -0.3 is 19.3 Å². The smallest absolute Gasteiger partial charge is 0.128 e. The first-order valence-electron chi connectivity index (χ1n) is 9.68. The zero-order chi connectivity index (χ0) is 21.1. The van der Waals surface area contributed by atoms with Crippen molar-refractivity contribution in [3.63, 3.8) is 0 Å². The average molecular weight is 391 g/mol. The standard InChI is InChI=1S/C25H30N2O2/c1-17-9-8-10-21(20-13-11-18(26(2)3)15-23(20)28-6)25(17)22-14-12-19(27(4)5)16-24(22)29-7/h8-16H,1-7H3. The highest BCUT2D eigenvalue weighted by molar-refractivity contribution is 5.91. The van der Waals surface area contributed by atoms with Gasteiger partial charge in [0.2, 0.25) is 0 Å². The van der Waals surface area contributed by atoms with Crippen molar-refractivity contribution >= 4 is 11.4 Å². The summed E-state index contributed by atoms with van der Waals surface area (Å²) in [5, 5.41) is 0. The Balaban J connectivity index is 2.25. The van der Waals surface area contributed by atoms with Gasteiger partial charge in [-0.05, 0) is 47.9 Å². The summed E-state index contributed by atoms with van der Waals surface area (Å²) >= 11 is 0. The molecule has 3 aromatic carbocycles. The van der Waals surface area contributed by atoms with Gasteiger partial charge in [-0.1, -0.05) is 18.2 Å². The number of ether oxygens (including phenoxy) is 2. The van der Waals surface area contributed by atoms with Gasteiger partial charge in [0.15, 0.2) is 0 Å². The molecule has 0 aliphatic rings. The Hall–Kier alpha value is -3.14. The molecule has 4 nitrogen and oxygen atoms in total. The van der Waals surface area contributed by atoms with Crippen LogP contribution in [0.15, 0.2) is 54.6 Å². The van der Waals surface area contributed by atoms with Gasteiger partial charge in [0.1, 0.15) is 11.5 Å². The van der Waals surface area contributed by atoms with Crippen LogP contribution in [0.1, 0.15) is 5.56 Å². The second-order valence-electron chi connectivity index (χ2n) is 7.56. The van der Waals surface area contributed by atoms with E-state index >= 15 is 0 Å². The normalized spacial score (nSPS) is 10.6. The van der Waals surface area contributed by atoms with E-state index in [2.05, 4.69) is 71.3 Å². The van der Waals surface area contributed by atoms with Crippen LogP contribution in [0, 0.1) is 6.92 Å². The van der Waals surface area contributed by atoms with Crippen LogP contribution in [-0.4, -0.2) is 42.4 Å². The lowest BCUT2D eigenvalue weighted by atomic mass is 9.89. The summed E-state index contributed by atoms with van der Waals surface area (Å²) in [7, 11) is 11.6. The first kappa shape index (κ1) is 20.6. The molecule has 0 spiro atoms. The molecule has 0 heterocycles. The lowest BCUT2D eigenvalue weighted by molar-refractivity contribution is 0.416. The van der Waals surface area contributed by atoms with E-state index in [0.717, 1.165) is 45.1 Å². The molecule has 0 aliphatic heterocycles. The molecular weight excluding hydrogens is 360 g/mol. The van der Waals surface area contributed by atoms with Crippen molar-refractivity contribution in [3.8, 4) is 33.8 Å². The third kappa shape index (κ3) is 4.02. The Morgan fingerprint density at radius 3 is 1.66 bits per heavy atom. The molecule has 3 aromatic rings. The quantitative estimate of drug-likeness (QED) is 0.556. The first-order chi connectivity index (χ1) is 13.9. The lowest BCUT2D eigenvalue weighted by Gasteiger charge is -2.21. The van der Waals surface area contributed by atoms with Gasteiger partial charge in [-0.2, -0.15) is 0 Å². The van der Waals surface area contributed by atoms with Crippen LogP contribution in [0.2, 0.25) is 0 Å². The molecule has 0 unspecified atom stereocenters. The maximum Gasteiger partial charge on any atom is 0.128 e. The van der Waals surface area contributed by atoms with Crippen LogP contribution in [-0.2, 0) is 0 Å². The Morgan fingerprint density at radius 1 is 0.621 bits per heavy atom. The van der Waals surface area contributed by atoms with Crippen LogP contribution in [0.5, 0.6) is 11.5 Å². The van der Waals surface area contributed by atoms with Crippen molar-refractivity contribution < 1.29 is 9.47 Å². The molecule has 0 amide bonds. The summed E-state index contributed by atoms with van der Waals surface area (Å²) in [4.78, 5) is 4.15. The van der Waals surface area contributed by atoms with Crippen molar-refractivity contribution in [1.29, 1.82) is 0 Å². The minimum absolute atomic E-state index is 0.854. The molecule has 0 atom stereocenters. The predicted octanol–water partition coefficient (Wildman–Crippen LogP) is 5.48. The largest absolute Gasteiger partial charge is 0.496 e. The highest BCUT2D eigenvalue weighted by atomic mass is 16.5. The zero-order valence-corrected chi connectivity index (χ0v) is 18.4. The third-order valence-electron chi connectivity index (χ3n) is 5.24. The number of nitrogens with zero attached hydrogens (tertiary/aromatic N) is 2. The summed E-state index contributed by atoms with van der Waals surface area (Å²) in [6.45, 7) is 2.14. The predicted molar refractivity (Wildman–Crippen MR) is 124 cm³/mol. The highest BCUT2D eigenvalue weighted by Gasteiger charge is 2.18. The molecule has 4 heteroatoms. The van der Waals surface area contributed by atoms with Crippen LogP contribution >= 0.6 is 0 Å². The van der Waals surface area contributed by atoms with Gasteiger partial charge in [-0.25, -0.2) is 0 Å². The summed E-state index contributed by atoms with van der Waals surface area (Å²) in [5.74, 6) is 1.71. The molecule has 0 aliphatic carbocycles. The molecule has 0 N–H and O–H groups in total. The van der Waals surface area contributed by atoms with Crippen molar-refractivity contribution in [2.45, 2.75) is 6.92 Å². The Bertz CT molecular complexity index is 1010. The van der Waals surface area contributed by atoms with E-state index in [9.17, 15) is 0 Å². The van der Waals surface area contributed by atoms with Crippen molar-refractivity contribution in [2.24, 2.45) is 0 Å². The number of anilines is 2. The number of rotatable bonds is 6. The summed E-state index contributed by atoms with van der Waals surface area (Å²) in [6, 6.07) is 19.1. The fourth-order valence-electron chi connectivity index (χ4n) is 3.59. The van der Waals surface area contributed by atoms with Crippen LogP contribution in [0.4, 0.5) is 11.4 Å². The zero-order valence-electron chi connectivity index (χ0n) is 18.4. The average Bonchev–Trinajstić information content (AvgIpc) is 2.72. The summed E-state index contributed by atoms with van der Waals surface area (Å²) < 4.78 is 11.5. The fourth-order valence-corrected chi connectivity index (χ4v) is 3.59. The SMILES string of the molecule is COc1cc(N(C)C)ccc1-c1cccc(C)c1-c1ccc(N(C)C)cc1OC. The fraction of sp³-hybridized carbons (Fsp3) is 0.280. The number of aryl methyl sites for hydroxylation is 1. The van der Waals surface area contributed by atoms with E-state index in [0.29, 0.717) is 0 Å². The van der Waals surface area contributed by atoms with E-state index in [4.69, 9.17) is 9.47 Å². The van der Waals surface area contributed by atoms with E-state index < -0.39 is 0 Å². The van der Waals surface area contributed by atoms with Gasteiger partial charge >= 0.3 is 0 Å². The number of hydrogen-bond acceptors (Lipinski definition) is 4. The van der Waals surface area contributed by atoms with Gasteiger partial charge in [0, 0.05) is 62.8 Å². The van der Waals surface area contributed by atoms with Gasteiger partial charge in [0.25, 0.3) is 0 Å². The Labute approximate surface area is 174 Å². The van der Waals surface area contributed by atoms with Crippen LogP contribution < -0.4 is 19.3 Å². The van der Waals surface area contributed by atoms with Gasteiger partial charge in [-0.15, -0.1) is 0 Å². The van der Waals surface area contributed by atoms with Crippen LogP contribution in [0.3, 0.4) is 0 Å². The molecule has 0 saturated heterocycles. The lowest BCUT2D eigenvalue weighted by Crippen LogP contribution is -2.09.